The van der Waals surface area contributed by atoms with Crippen molar-refractivity contribution in [3.05, 3.63) is 0 Å². The van der Waals surface area contributed by atoms with E-state index in [1.54, 1.807) is 4.90 Å². The van der Waals surface area contributed by atoms with Gasteiger partial charge in [0.05, 0.1) is 6.10 Å². The molecule has 1 aliphatic rings. The number of alkyl halides is 1. The topological polar surface area (TPSA) is 105 Å². The maximum atomic E-state index is 12.3. The summed E-state index contributed by atoms with van der Waals surface area (Å²) in [7, 11) is 0. The molecule has 8 heteroatoms. The van der Waals surface area contributed by atoms with Crippen LogP contribution in [0.15, 0.2) is 0 Å². The molecule has 1 rings (SSSR count). The van der Waals surface area contributed by atoms with Gasteiger partial charge in [0.1, 0.15) is 15.2 Å². The van der Waals surface area contributed by atoms with E-state index in [-0.39, 0.29) is 6.09 Å². The molecule has 7 nitrogen and oxygen atoms in total. The normalized spacial score (nSPS) is 24.9. The summed E-state index contributed by atoms with van der Waals surface area (Å²) in [6, 6.07) is -0.840. The van der Waals surface area contributed by atoms with Crippen molar-refractivity contribution in [2.45, 2.75) is 61.8 Å². The van der Waals surface area contributed by atoms with Crippen molar-refractivity contribution in [1.29, 1.82) is 0 Å². The van der Waals surface area contributed by atoms with E-state index in [2.05, 4.69) is 27.9 Å². The highest BCUT2D eigenvalue weighted by Crippen LogP contribution is 2.36. The second-order valence-electron chi connectivity index (χ2n) is 6.66. The smallest absolute Gasteiger partial charge is 0.411 e. The number of likely N-dealkylation sites (tertiary alicyclic amines) is 1. The van der Waals surface area contributed by atoms with Crippen LogP contribution in [0.2, 0.25) is 0 Å². The molecule has 0 spiro atoms. The number of nitrogens with two attached hydrogens (primary N) is 1. The molecule has 0 aromatic carbocycles. The Bertz CT molecular complexity index is 425. The second-order valence-corrected chi connectivity index (χ2v) is 8.66. The fourth-order valence-corrected chi connectivity index (χ4v) is 3.41. The first-order chi connectivity index (χ1) is 9.96. The number of carbonyl (C=O) groups excluding carboxylic acids is 2. The molecule has 3 atom stereocenters. The van der Waals surface area contributed by atoms with Gasteiger partial charge in [-0.25, -0.2) is 4.79 Å². The van der Waals surface area contributed by atoms with Crippen LogP contribution >= 0.6 is 22.6 Å². The Morgan fingerprint density at radius 3 is 2.55 bits per heavy atom. The standard InChI is InChI=1S/C14H26IN3O4/c1-9(19)10(11(16)20)17-8-14(15)6-5-7-18(14)12(21)22-13(2,3)4/h9-10,17,19H,5-8H2,1-4H3,(H2,16,20)/t9-,10+,14+/m1/s1. The molecule has 0 aromatic rings. The average molecular weight is 427 g/mol. The summed E-state index contributed by atoms with van der Waals surface area (Å²) < 4.78 is 4.93. The summed E-state index contributed by atoms with van der Waals surface area (Å²) in [4.78, 5) is 25.3. The fourth-order valence-electron chi connectivity index (χ4n) is 2.37. The van der Waals surface area contributed by atoms with E-state index in [1.807, 2.05) is 20.8 Å². The molecule has 0 saturated carbocycles. The van der Waals surface area contributed by atoms with Gasteiger partial charge in [0.2, 0.25) is 5.91 Å². The molecule has 0 bridgehead atoms. The van der Waals surface area contributed by atoms with Gasteiger partial charge in [-0.1, -0.05) is 22.6 Å². The first-order valence-corrected chi connectivity index (χ1v) is 8.44. The Morgan fingerprint density at radius 2 is 2.09 bits per heavy atom. The molecule has 1 aliphatic heterocycles. The summed E-state index contributed by atoms with van der Waals surface area (Å²) in [6.45, 7) is 7.93. The number of nitrogens with one attached hydrogen (secondary N) is 1. The van der Waals surface area contributed by atoms with Crippen molar-refractivity contribution in [3.63, 3.8) is 0 Å². The monoisotopic (exact) mass is 427 g/mol. The molecule has 2 amide bonds. The van der Waals surface area contributed by atoms with E-state index in [0.717, 1.165) is 12.8 Å². The van der Waals surface area contributed by atoms with Crippen molar-refractivity contribution in [1.82, 2.24) is 10.2 Å². The predicted octanol–water partition coefficient (Wildman–Crippen LogP) is 0.973. The maximum Gasteiger partial charge on any atom is 0.411 e. The highest BCUT2D eigenvalue weighted by Gasteiger charge is 2.43. The SMILES string of the molecule is C[C@@H](O)[C@H](NC[C@]1(I)CCCN1C(=O)OC(C)(C)C)C(N)=O. The lowest BCUT2D eigenvalue weighted by atomic mass is 10.1. The third kappa shape index (κ3) is 5.24. The van der Waals surface area contributed by atoms with Gasteiger partial charge in [0.25, 0.3) is 0 Å². The van der Waals surface area contributed by atoms with E-state index >= 15 is 0 Å². The number of amides is 2. The number of hydrogen-bond donors (Lipinski definition) is 3. The summed E-state index contributed by atoms with van der Waals surface area (Å²) in [6.07, 6.45) is 0.382. The molecule has 128 valence electrons. The van der Waals surface area contributed by atoms with Gasteiger partial charge in [-0.15, -0.1) is 0 Å². The van der Waals surface area contributed by atoms with E-state index in [0.29, 0.717) is 13.1 Å². The van der Waals surface area contributed by atoms with E-state index in [9.17, 15) is 14.7 Å². The van der Waals surface area contributed by atoms with Gasteiger partial charge in [-0.05, 0) is 40.5 Å². The van der Waals surface area contributed by atoms with Crippen LogP contribution in [-0.2, 0) is 9.53 Å². The molecular weight excluding hydrogens is 401 g/mol. The third-order valence-electron chi connectivity index (χ3n) is 3.42. The minimum atomic E-state index is -0.895. The van der Waals surface area contributed by atoms with E-state index in [4.69, 9.17) is 10.5 Å². The first kappa shape index (κ1) is 19.4. The van der Waals surface area contributed by atoms with Crippen LogP contribution < -0.4 is 11.1 Å². The maximum absolute atomic E-state index is 12.3. The van der Waals surface area contributed by atoms with Gasteiger partial charge in [-0.2, -0.15) is 0 Å². The molecular formula is C14H26IN3O4. The van der Waals surface area contributed by atoms with E-state index < -0.39 is 27.2 Å². The van der Waals surface area contributed by atoms with Gasteiger partial charge >= 0.3 is 6.09 Å². The van der Waals surface area contributed by atoms with Crippen molar-refractivity contribution < 1.29 is 19.4 Å². The van der Waals surface area contributed by atoms with Crippen molar-refractivity contribution >= 4 is 34.6 Å². The molecule has 1 heterocycles. The van der Waals surface area contributed by atoms with Crippen LogP contribution in [0.5, 0.6) is 0 Å². The minimum absolute atomic E-state index is 0.352. The molecule has 1 saturated heterocycles. The van der Waals surface area contributed by atoms with Gasteiger partial charge in [-0.3, -0.25) is 9.69 Å². The molecule has 1 fully saturated rings. The molecule has 22 heavy (non-hydrogen) atoms. The van der Waals surface area contributed by atoms with Gasteiger partial charge in [0, 0.05) is 13.1 Å². The Hall–Kier alpha value is -0.610. The molecule has 0 aliphatic carbocycles. The van der Waals surface area contributed by atoms with Crippen molar-refractivity contribution in [3.8, 4) is 0 Å². The number of halogens is 1. The number of rotatable bonds is 5. The molecule has 0 aromatic heterocycles. The Labute approximate surface area is 145 Å². The summed E-state index contributed by atoms with van der Waals surface area (Å²) >= 11 is 2.20. The number of primary amides is 1. The Morgan fingerprint density at radius 1 is 1.50 bits per heavy atom. The number of carbonyl (C=O) groups is 2. The number of nitrogens with zero attached hydrogens (tertiary/aromatic N) is 1. The second kappa shape index (κ2) is 7.31. The zero-order valence-electron chi connectivity index (χ0n) is 13.6. The summed E-state index contributed by atoms with van der Waals surface area (Å²) in [5.74, 6) is -0.614. The van der Waals surface area contributed by atoms with Gasteiger partial charge in [0.15, 0.2) is 0 Å². The zero-order chi connectivity index (χ0) is 17.1. The van der Waals surface area contributed by atoms with Crippen LogP contribution in [0.3, 0.4) is 0 Å². The lowest BCUT2D eigenvalue weighted by molar-refractivity contribution is -0.122. The molecule has 0 unspecified atom stereocenters. The van der Waals surface area contributed by atoms with Crippen LogP contribution in [0.25, 0.3) is 0 Å². The molecule has 4 N–H and O–H groups in total. The number of aliphatic hydroxyl groups excluding tert-OH is 1. The van der Waals surface area contributed by atoms with Crippen LogP contribution in [0, 0.1) is 0 Å². The van der Waals surface area contributed by atoms with E-state index in [1.165, 1.54) is 6.92 Å². The van der Waals surface area contributed by atoms with Crippen molar-refractivity contribution in [2.75, 3.05) is 13.1 Å². The fraction of sp³-hybridized carbons (Fsp3) is 0.857. The van der Waals surface area contributed by atoms with Crippen molar-refractivity contribution in [2.24, 2.45) is 5.73 Å². The summed E-state index contributed by atoms with van der Waals surface area (Å²) in [5.41, 5.74) is 4.72. The summed E-state index contributed by atoms with van der Waals surface area (Å²) in [5, 5.41) is 12.6. The van der Waals surface area contributed by atoms with Crippen LogP contribution in [-0.4, -0.2) is 56.4 Å². The van der Waals surface area contributed by atoms with Crippen LogP contribution in [0.1, 0.15) is 40.5 Å². The minimum Gasteiger partial charge on any atom is -0.444 e. The highest BCUT2D eigenvalue weighted by molar-refractivity contribution is 14.1. The Kier molecular flexibility index (Phi) is 6.46. The largest absolute Gasteiger partial charge is 0.444 e. The lowest BCUT2D eigenvalue weighted by Crippen LogP contribution is -2.56. The first-order valence-electron chi connectivity index (χ1n) is 7.36. The predicted molar refractivity (Wildman–Crippen MR) is 91.6 cm³/mol. The zero-order valence-corrected chi connectivity index (χ0v) is 15.7. The van der Waals surface area contributed by atoms with Crippen LogP contribution in [0.4, 0.5) is 4.79 Å². The lowest BCUT2D eigenvalue weighted by Gasteiger charge is -2.36. The number of ether oxygens (including phenoxy) is 1. The third-order valence-corrected chi connectivity index (χ3v) is 4.92. The number of hydrogen-bond acceptors (Lipinski definition) is 5. The highest BCUT2D eigenvalue weighted by atomic mass is 127. The van der Waals surface area contributed by atoms with Gasteiger partial charge < -0.3 is 20.9 Å². The number of aliphatic hydroxyl groups is 1. The average Bonchev–Trinajstić information content (AvgIpc) is 2.68. The quantitative estimate of drug-likeness (QED) is 0.345. The Balaban J connectivity index is 2.74. The molecule has 0 radical (unpaired) electrons.